The minimum absolute atomic E-state index is 0.0725. The zero-order chi connectivity index (χ0) is 21.1. The summed E-state index contributed by atoms with van der Waals surface area (Å²) in [6.07, 6.45) is -4.37. The lowest BCUT2D eigenvalue weighted by molar-refractivity contribution is -0.137. The van der Waals surface area contributed by atoms with Crippen LogP contribution >= 0.6 is 22.7 Å². The van der Waals surface area contributed by atoms with Crippen molar-refractivity contribution in [2.24, 2.45) is 10.2 Å². The van der Waals surface area contributed by atoms with E-state index in [0.29, 0.717) is 17.2 Å². The first kappa shape index (κ1) is 20.5. The van der Waals surface area contributed by atoms with Crippen molar-refractivity contribution >= 4 is 48.6 Å². The molecule has 2 aromatic heterocycles. The number of alkyl halides is 3. The van der Waals surface area contributed by atoms with E-state index in [1.54, 1.807) is 0 Å². The maximum absolute atomic E-state index is 12.6. The third-order valence-electron chi connectivity index (χ3n) is 4.11. The molecule has 0 atom stereocenters. The van der Waals surface area contributed by atoms with Crippen LogP contribution in [0.4, 0.5) is 29.5 Å². The average molecular weight is 448 g/mol. The van der Waals surface area contributed by atoms with E-state index in [4.69, 9.17) is 5.11 Å². The number of thiazole rings is 1. The molecule has 30 heavy (non-hydrogen) atoms. The number of hydrogen-bond acceptors (Lipinski definition) is 7. The Balaban J connectivity index is 1.47. The molecule has 0 aliphatic heterocycles. The van der Waals surface area contributed by atoms with E-state index in [9.17, 15) is 13.2 Å². The fourth-order valence-electron chi connectivity index (χ4n) is 2.65. The third-order valence-corrected chi connectivity index (χ3v) is 6.20. The summed E-state index contributed by atoms with van der Waals surface area (Å²) in [7, 11) is 0. The molecule has 0 fully saturated rings. The molecule has 2 heterocycles. The molecule has 0 bridgehead atoms. The van der Waals surface area contributed by atoms with Gasteiger partial charge < -0.3 is 10.4 Å². The number of aromatic nitrogens is 1. The van der Waals surface area contributed by atoms with Gasteiger partial charge in [-0.25, -0.2) is 4.98 Å². The predicted molar refractivity (Wildman–Crippen MR) is 114 cm³/mol. The molecule has 10 heteroatoms. The molecular weight excluding hydrogens is 433 g/mol. The Labute approximate surface area is 177 Å². The molecular formula is C20H15F3N4OS2. The zero-order valence-corrected chi connectivity index (χ0v) is 17.0. The number of benzene rings is 2. The lowest BCUT2D eigenvalue weighted by atomic mass is 10.2. The number of azo groups is 1. The van der Waals surface area contributed by atoms with E-state index < -0.39 is 11.7 Å². The molecule has 5 nitrogen and oxygen atoms in total. The Morgan fingerprint density at radius 1 is 0.967 bits per heavy atom. The first-order valence-electron chi connectivity index (χ1n) is 8.87. The van der Waals surface area contributed by atoms with Crippen LogP contribution in [0.25, 0.3) is 20.1 Å². The number of nitrogens with zero attached hydrogens (tertiary/aromatic N) is 3. The largest absolute Gasteiger partial charge is 0.416 e. The molecule has 0 radical (unpaired) electrons. The zero-order valence-electron chi connectivity index (χ0n) is 15.3. The summed E-state index contributed by atoms with van der Waals surface area (Å²) in [4.78, 5) is 5.47. The lowest BCUT2D eigenvalue weighted by Gasteiger charge is -2.05. The number of aliphatic hydroxyl groups is 1. The van der Waals surface area contributed by atoms with Gasteiger partial charge in [-0.05, 0) is 54.6 Å². The summed E-state index contributed by atoms with van der Waals surface area (Å²) in [6, 6.07) is 14.2. The fraction of sp³-hybridized carbons (Fsp3) is 0.150. The molecule has 0 saturated carbocycles. The van der Waals surface area contributed by atoms with Crippen molar-refractivity contribution in [3.63, 3.8) is 0 Å². The fourth-order valence-corrected chi connectivity index (χ4v) is 4.69. The van der Waals surface area contributed by atoms with Gasteiger partial charge in [0.2, 0.25) is 0 Å². The third kappa shape index (κ3) is 4.66. The molecule has 4 aromatic rings. The van der Waals surface area contributed by atoms with Crippen molar-refractivity contribution in [3.05, 3.63) is 60.2 Å². The van der Waals surface area contributed by atoms with E-state index in [0.717, 1.165) is 37.9 Å². The molecule has 0 spiro atoms. The first-order valence-corrected chi connectivity index (χ1v) is 10.5. The topological polar surface area (TPSA) is 69.9 Å². The van der Waals surface area contributed by atoms with Crippen LogP contribution in [-0.2, 0) is 6.18 Å². The van der Waals surface area contributed by atoms with Gasteiger partial charge in [-0.1, -0.05) is 11.3 Å². The maximum Gasteiger partial charge on any atom is 0.416 e. The van der Waals surface area contributed by atoms with E-state index in [1.807, 2.05) is 30.3 Å². The van der Waals surface area contributed by atoms with Crippen LogP contribution in [0.15, 0.2) is 64.8 Å². The first-order chi connectivity index (χ1) is 14.4. The SMILES string of the molecule is OCCNc1ccc(-c2nc3sc(N=Nc4ccc(C(F)(F)F)cc4)cc3s2)cc1. The van der Waals surface area contributed by atoms with Crippen molar-refractivity contribution in [2.75, 3.05) is 18.5 Å². The quantitative estimate of drug-likeness (QED) is 0.317. The van der Waals surface area contributed by atoms with Gasteiger partial charge in [-0.15, -0.1) is 21.6 Å². The van der Waals surface area contributed by atoms with Crippen LogP contribution in [0, 0.1) is 0 Å². The van der Waals surface area contributed by atoms with Crippen LogP contribution in [0.1, 0.15) is 5.56 Å². The summed E-state index contributed by atoms with van der Waals surface area (Å²) in [5, 5.41) is 21.6. The van der Waals surface area contributed by atoms with Crippen LogP contribution in [0.5, 0.6) is 0 Å². The van der Waals surface area contributed by atoms with Crippen LogP contribution in [-0.4, -0.2) is 23.2 Å². The van der Waals surface area contributed by atoms with E-state index in [2.05, 4.69) is 20.5 Å². The van der Waals surface area contributed by atoms with Gasteiger partial charge in [0.05, 0.1) is 22.6 Å². The van der Waals surface area contributed by atoms with E-state index >= 15 is 0 Å². The molecule has 0 saturated heterocycles. The van der Waals surface area contributed by atoms with Crippen LogP contribution in [0.2, 0.25) is 0 Å². The van der Waals surface area contributed by atoms with E-state index in [1.165, 1.54) is 34.8 Å². The number of halogens is 3. The highest BCUT2D eigenvalue weighted by Crippen LogP contribution is 2.39. The molecule has 4 rings (SSSR count). The highest BCUT2D eigenvalue weighted by Gasteiger charge is 2.29. The molecule has 2 N–H and O–H groups in total. The van der Waals surface area contributed by atoms with Gasteiger partial charge in [-0.2, -0.15) is 13.2 Å². The second-order valence-corrected chi connectivity index (χ2v) is 8.29. The van der Waals surface area contributed by atoms with Gasteiger partial charge in [0.15, 0.2) is 0 Å². The highest BCUT2D eigenvalue weighted by atomic mass is 32.1. The van der Waals surface area contributed by atoms with Crippen molar-refractivity contribution in [3.8, 4) is 10.6 Å². The van der Waals surface area contributed by atoms with Gasteiger partial charge in [0, 0.05) is 17.8 Å². The summed E-state index contributed by atoms with van der Waals surface area (Å²) in [5.41, 5.74) is 1.55. The molecule has 2 aromatic carbocycles. The second-order valence-electron chi connectivity index (χ2n) is 6.25. The molecule has 154 valence electrons. The monoisotopic (exact) mass is 448 g/mol. The number of fused-ring (bicyclic) bond motifs is 1. The van der Waals surface area contributed by atoms with E-state index in [-0.39, 0.29) is 6.61 Å². The molecule has 0 aliphatic carbocycles. The molecule has 0 unspecified atom stereocenters. The Bertz CT molecular complexity index is 1130. The normalized spacial score (nSPS) is 12.1. The van der Waals surface area contributed by atoms with Crippen molar-refractivity contribution < 1.29 is 18.3 Å². The predicted octanol–water partition coefficient (Wildman–Crippen LogP) is 6.86. The lowest BCUT2D eigenvalue weighted by Crippen LogP contribution is -2.04. The number of hydrogen-bond donors (Lipinski definition) is 2. The number of aliphatic hydroxyl groups excluding tert-OH is 1. The Morgan fingerprint density at radius 2 is 1.70 bits per heavy atom. The van der Waals surface area contributed by atoms with Crippen molar-refractivity contribution in [2.45, 2.75) is 6.18 Å². The van der Waals surface area contributed by atoms with Gasteiger partial charge >= 0.3 is 6.18 Å². The number of anilines is 1. The van der Waals surface area contributed by atoms with Gasteiger partial charge in [0.1, 0.15) is 14.8 Å². The Morgan fingerprint density at radius 3 is 2.33 bits per heavy atom. The van der Waals surface area contributed by atoms with Crippen molar-refractivity contribution in [1.82, 2.24) is 4.98 Å². The summed E-state index contributed by atoms with van der Waals surface area (Å²) in [5.74, 6) is 0. The van der Waals surface area contributed by atoms with Crippen molar-refractivity contribution in [1.29, 1.82) is 0 Å². The van der Waals surface area contributed by atoms with Crippen LogP contribution < -0.4 is 5.32 Å². The Kier molecular flexibility index (Phi) is 5.80. The average Bonchev–Trinajstić information content (AvgIpc) is 3.30. The summed E-state index contributed by atoms with van der Waals surface area (Å²) < 4.78 is 38.8. The highest BCUT2D eigenvalue weighted by molar-refractivity contribution is 7.30. The Hall–Kier alpha value is -2.82. The van der Waals surface area contributed by atoms with Gasteiger partial charge in [-0.3, -0.25) is 0 Å². The smallest absolute Gasteiger partial charge is 0.395 e. The van der Waals surface area contributed by atoms with Gasteiger partial charge in [0.25, 0.3) is 0 Å². The standard InChI is InChI=1S/C20H15F3N4OS2/c21-20(22,23)13-3-7-15(8-4-13)26-27-17-11-16-19(30-17)25-18(29-16)12-1-5-14(6-2-12)24-9-10-28/h1-8,11,24,28H,9-10H2. The van der Waals surface area contributed by atoms with Crippen LogP contribution in [0.3, 0.4) is 0 Å². The molecule has 0 aliphatic rings. The minimum atomic E-state index is -4.37. The number of thiophene rings is 1. The minimum Gasteiger partial charge on any atom is -0.395 e. The summed E-state index contributed by atoms with van der Waals surface area (Å²) in [6.45, 7) is 0.569. The number of nitrogens with one attached hydrogen (secondary N) is 1. The summed E-state index contributed by atoms with van der Waals surface area (Å²) >= 11 is 2.91. The molecule has 0 amide bonds. The number of rotatable bonds is 6. The maximum atomic E-state index is 12.6. The second kappa shape index (κ2) is 8.50.